The summed E-state index contributed by atoms with van der Waals surface area (Å²) in [5.41, 5.74) is 0.692. The molecule has 1 unspecified atom stereocenters. The molecule has 1 aromatic rings. The number of thioether (sulfide) groups is 1. The highest BCUT2D eigenvalue weighted by Crippen LogP contribution is 2.40. The molecule has 0 aromatic carbocycles. The molecule has 6 nitrogen and oxygen atoms in total. The van der Waals surface area contributed by atoms with Crippen molar-refractivity contribution in [3.63, 3.8) is 0 Å². The van der Waals surface area contributed by atoms with Crippen LogP contribution in [0.1, 0.15) is 87.9 Å². The van der Waals surface area contributed by atoms with E-state index in [1.807, 2.05) is 12.1 Å². The molecule has 0 radical (unpaired) electrons. The highest BCUT2D eigenvalue weighted by molar-refractivity contribution is 7.99. The fourth-order valence-electron chi connectivity index (χ4n) is 5.57. The van der Waals surface area contributed by atoms with Crippen LogP contribution in [0, 0.1) is 17.8 Å². The maximum atomic E-state index is 13.4. The molecule has 33 heavy (non-hydrogen) atoms. The number of amides is 1. The number of hydrogen-bond acceptors (Lipinski definition) is 5. The zero-order valence-corrected chi connectivity index (χ0v) is 20.7. The number of carbonyl (C=O) groups is 2. The Hall–Kier alpha value is -1.76. The average Bonchev–Trinajstić information content (AvgIpc) is 3.66. The van der Waals surface area contributed by atoms with Crippen LogP contribution in [-0.2, 0) is 4.79 Å². The number of aromatic nitrogens is 1. The van der Waals surface area contributed by atoms with E-state index in [4.69, 9.17) is 4.98 Å². The summed E-state index contributed by atoms with van der Waals surface area (Å²) in [6.45, 7) is 3.75. The van der Waals surface area contributed by atoms with Crippen LogP contribution in [0.25, 0.3) is 0 Å². The van der Waals surface area contributed by atoms with E-state index in [1.54, 1.807) is 11.8 Å². The number of rotatable bonds is 10. The molecule has 2 aliphatic carbocycles. The predicted molar refractivity (Wildman–Crippen MR) is 133 cm³/mol. The van der Waals surface area contributed by atoms with Gasteiger partial charge in [0.1, 0.15) is 10.8 Å². The van der Waals surface area contributed by atoms with Crippen molar-refractivity contribution in [2.75, 3.05) is 23.7 Å². The lowest BCUT2D eigenvalue weighted by Gasteiger charge is -2.33. The first-order valence-electron chi connectivity index (χ1n) is 13.0. The summed E-state index contributed by atoms with van der Waals surface area (Å²) in [6.07, 6.45) is 12.0. The quantitative estimate of drug-likeness (QED) is 0.445. The summed E-state index contributed by atoms with van der Waals surface area (Å²) in [7, 11) is 0. The van der Waals surface area contributed by atoms with E-state index in [1.165, 1.54) is 44.9 Å². The molecule has 0 spiro atoms. The normalized spacial score (nSPS) is 22.7. The van der Waals surface area contributed by atoms with E-state index in [-0.39, 0.29) is 18.2 Å². The van der Waals surface area contributed by atoms with Gasteiger partial charge in [0.05, 0.1) is 5.56 Å². The number of carboxylic acid groups (broad SMARTS) is 1. The number of carboxylic acids is 1. The lowest BCUT2D eigenvalue weighted by Crippen LogP contribution is -2.43. The zero-order chi connectivity index (χ0) is 23.2. The highest BCUT2D eigenvalue weighted by atomic mass is 32.2. The minimum atomic E-state index is -0.732. The second-order valence-electron chi connectivity index (χ2n) is 10.2. The largest absolute Gasteiger partial charge is 0.481 e. The monoisotopic (exact) mass is 473 g/mol. The standard InChI is InChI=1S/C26H39N3O3S/c1-2-15-33-26-21(25(32)28-24(20-10-11-20)19-8-4-3-5-9-19)12-13-22(27-26)29-14-6-7-18(17-29)16-23(30)31/h12-13,18-20,24H,2-11,14-17H2,1H3,(H,28,32)(H,30,31)/t18-,24?/m0/s1. The first-order chi connectivity index (χ1) is 16.0. The first-order valence-corrected chi connectivity index (χ1v) is 13.9. The van der Waals surface area contributed by atoms with Crippen molar-refractivity contribution in [1.82, 2.24) is 10.3 Å². The summed E-state index contributed by atoms with van der Waals surface area (Å²) >= 11 is 1.66. The molecule has 2 N–H and O–H groups in total. The lowest BCUT2D eigenvalue weighted by molar-refractivity contribution is -0.138. The highest BCUT2D eigenvalue weighted by Gasteiger charge is 2.38. The van der Waals surface area contributed by atoms with Crippen LogP contribution in [0.3, 0.4) is 0 Å². The van der Waals surface area contributed by atoms with Crippen molar-refractivity contribution in [2.24, 2.45) is 17.8 Å². The molecule has 2 saturated carbocycles. The number of nitrogens with one attached hydrogen (secondary N) is 1. The van der Waals surface area contributed by atoms with Gasteiger partial charge in [0.25, 0.3) is 5.91 Å². The van der Waals surface area contributed by atoms with Crippen LogP contribution in [0.5, 0.6) is 0 Å². The van der Waals surface area contributed by atoms with Gasteiger partial charge in [0.2, 0.25) is 0 Å². The van der Waals surface area contributed by atoms with Gasteiger partial charge in [-0.3, -0.25) is 9.59 Å². The SMILES string of the molecule is CCCSc1nc(N2CCC[C@@H](CC(=O)O)C2)ccc1C(=O)NC(C1CCCCC1)C1CC1. The molecule has 2 atom stereocenters. The summed E-state index contributed by atoms with van der Waals surface area (Å²) in [5.74, 6) is 2.51. The van der Waals surface area contributed by atoms with E-state index in [0.717, 1.165) is 42.4 Å². The molecule has 1 saturated heterocycles. The number of piperidine rings is 1. The molecule has 3 fully saturated rings. The first kappa shape index (κ1) is 24.4. The predicted octanol–water partition coefficient (Wildman–Crippen LogP) is 5.36. The number of hydrogen-bond donors (Lipinski definition) is 2. The smallest absolute Gasteiger partial charge is 0.303 e. The molecule has 4 rings (SSSR count). The fraction of sp³-hybridized carbons (Fsp3) is 0.731. The summed E-state index contributed by atoms with van der Waals surface area (Å²) in [5, 5.41) is 13.4. The van der Waals surface area contributed by atoms with Gasteiger partial charge < -0.3 is 15.3 Å². The topological polar surface area (TPSA) is 82.5 Å². The van der Waals surface area contributed by atoms with E-state index in [0.29, 0.717) is 30.0 Å². The summed E-state index contributed by atoms with van der Waals surface area (Å²) in [6, 6.07) is 4.21. The Kier molecular flexibility index (Phi) is 8.55. The van der Waals surface area contributed by atoms with Crippen molar-refractivity contribution in [3.8, 4) is 0 Å². The Bertz CT molecular complexity index is 823. The molecule has 2 heterocycles. The molecule has 1 aromatic heterocycles. The third-order valence-corrected chi connectivity index (χ3v) is 8.62. The van der Waals surface area contributed by atoms with Crippen LogP contribution in [0.15, 0.2) is 17.2 Å². The van der Waals surface area contributed by atoms with E-state index < -0.39 is 5.97 Å². The summed E-state index contributed by atoms with van der Waals surface area (Å²) < 4.78 is 0. The molecule has 3 aliphatic rings. The van der Waals surface area contributed by atoms with Gasteiger partial charge >= 0.3 is 5.97 Å². The fourth-order valence-corrected chi connectivity index (χ4v) is 6.45. The molecule has 0 bridgehead atoms. The zero-order valence-electron chi connectivity index (χ0n) is 19.9. The van der Waals surface area contributed by atoms with Gasteiger partial charge in [-0.05, 0) is 80.6 Å². The average molecular weight is 474 g/mol. The van der Waals surface area contributed by atoms with Crippen molar-refractivity contribution >= 4 is 29.5 Å². The number of anilines is 1. The molecule has 1 amide bonds. The van der Waals surface area contributed by atoms with Crippen LogP contribution >= 0.6 is 11.8 Å². The third kappa shape index (κ3) is 6.65. The Morgan fingerprint density at radius 3 is 2.58 bits per heavy atom. The lowest BCUT2D eigenvalue weighted by atomic mass is 9.82. The minimum absolute atomic E-state index is 0.0255. The number of aliphatic carboxylic acids is 1. The maximum absolute atomic E-state index is 13.4. The van der Waals surface area contributed by atoms with E-state index in [2.05, 4.69) is 17.1 Å². The van der Waals surface area contributed by atoms with Crippen LogP contribution in [0.4, 0.5) is 5.82 Å². The van der Waals surface area contributed by atoms with Crippen molar-refractivity contribution in [2.45, 2.75) is 88.6 Å². The Morgan fingerprint density at radius 2 is 1.88 bits per heavy atom. The number of nitrogens with zero attached hydrogens (tertiary/aromatic N) is 2. The van der Waals surface area contributed by atoms with E-state index in [9.17, 15) is 14.7 Å². The Balaban J connectivity index is 1.49. The van der Waals surface area contributed by atoms with Gasteiger partial charge in [-0.2, -0.15) is 0 Å². The van der Waals surface area contributed by atoms with Gasteiger partial charge in [-0.1, -0.05) is 26.2 Å². The minimum Gasteiger partial charge on any atom is -0.481 e. The van der Waals surface area contributed by atoms with Crippen LogP contribution in [0.2, 0.25) is 0 Å². The molecular weight excluding hydrogens is 434 g/mol. The number of carbonyl (C=O) groups excluding carboxylic acids is 1. The van der Waals surface area contributed by atoms with Gasteiger partial charge in [0.15, 0.2) is 0 Å². The van der Waals surface area contributed by atoms with E-state index >= 15 is 0 Å². The van der Waals surface area contributed by atoms with Gasteiger partial charge in [-0.25, -0.2) is 4.98 Å². The van der Waals surface area contributed by atoms with Crippen molar-refractivity contribution in [3.05, 3.63) is 17.7 Å². The molecular formula is C26H39N3O3S. The Morgan fingerprint density at radius 1 is 1.12 bits per heavy atom. The van der Waals surface area contributed by atoms with Gasteiger partial charge in [-0.15, -0.1) is 11.8 Å². The van der Waals surface area contributed by atoms with Crippen molar-refractivity contribution < 1.29 is 14.7 Å². The number of pyridine rings is 1. The third-order valence-electron chi connectivity index (χ3n) is 7.42. The van der Waals surface area contributed by atoms with Crippen molar-refractivity contribution in [1.29, 1.82) is 0 Å². The van der Waals surface area contributed by atoms with Crippen LogP contribution < -0.4 is 10.2 Å². The molecule has 1 aliphatic heterocycles. The second-order valence-corrected chi connectivity index (χ2v) is 11.2. The Labute approximate surface area is 202 Å². The second kappa shape index (κ2) is 11.6. The maximum Gasteiger partial charge on any atom is 0.303 e. The van der Waals surface area contributed by atoms with Gasteiger partial charge in [0, 0.05) is 25.6 Å². The molecule has 182 valence electrons. The van der Waals surface area contributed by atoms with Crippen LogP contribution in [-0.4, -0.2) is 46.9 Å². The summed E-state index contributed by atoms with van der Waals surface area (Å²) in [4.78, 5) is 31.7. The molecule has 7 heteroatoms.